The minimum Gasteiger partial charge on any atom is -0.348 e. The molecule has 1 heterocycles. The van der Waals surface area contributed by atoms with Crippen molar-refractivity contribution in [3.05, 3.63) is 34.9 Å². The average molecular weight is 311 g/mol. The first kappa shape index (κ1) is 16.0. The van der Waals surface area contributed by atoms with Crippen LogP contribution < -0.4 is 11.1 Å². The van der Waals surface area contributed by atoms with Gasteiger partial charge in [-0.1, -0.05) is 11.6 Å². The molecule has 0 unspecified atom stereocenters. The predicted molar refractivity (Wildman–Crippen MR) is 73.6 cm³/mol. The summed E-state index contributed by atoms with van der Waals surface area (Å²) < 4.78 is 25.9. The molecule has 1 aliphatic heterocycles. The quantitative estimate of drug-likeness (QED) is 0.765. The molecule has 3 amide bonds. The second-order valence-corrected chi connectivity index (χ2v) is 5.08. The van der Waals surface area contributed by atoms with E-state index in [1.165, 1.54) is 6.07 Å². The number of amides is 3. The maximum absolute atomic E-state index is 13.0. The van der Waals surface area contributed by atoms with Crippen molar-refractivity contribution in [3.63, 3.8) is 0 Å². The Morgan fingerprint density at radius 1 is 1.27 bits per heavy atom. The summed E-state index contributed by atoms with van der Waals surface area (Å²) in [5.41, 5.74) is 6.07. The first-order chi connectivity index (χ1) is 10.2. The van der Waals surface area contributed by atoms with Crippen LogP contribution in [0.15, 0.2) is 18.2 Å². The number of hydrogen-bond donors (Lipinski definition) is 2. The Labute approximate surface area is 125 Å². The van der Waals surface area contributed by atoms with Crippen LogP contribution in [0.5, 0.6) is 0 Å². The monoisotopic (exact) mass is 311 g/mol. The highest BCUT2D eigenvalue weighted by Gasteiger charge is 2.37. The van der Waals surface area contributed by atoms with Crippen molar-refractivity contribution < 1.29 is 23.2 Å². The van der Waals surface area contributed by atoms with Crippen LogP contribution >= 0.6 is 0 Å². The topological polar surface area (TPSA) is 92.5 Å². The van der Waals surface area contributed by atoms with Crippen LogP contribution in [0, 0.1) is 6.92 Å². The predicted octanol–water partition coefficient (Wildman–Crippen LogP) is 0.301. The number of nitrogens with one attached hydrogen (secondary N) is 1. The Morgan fingerprint density at radius 2 is 1.91 bits per heavy atom. The number of hydrogen-bond acceptors (Lipinski definition) is 4. The van der Waals surface area contributed by atoms with E-state index in [2.05, 4.69) is 0 Å². The molecule has 118 valence electrons. The Bertz CT molecular complexity index is 646. The molecule has 1 aromatic carbocycles. The van der Waals surface area contributed by atoms with Gasteiger partial charge in [0.05, 0.1) is 24.2 Å². The van der Waals surface area contributed by atoms with Gasteiger partial charge < -0.3 is 11.1 Å². The van der Waals surface area contributed by atoms with Gasteiger partial charge in [0.25, 0.3) is 17.7 Å². The van der Waals surface area contributed by atoms with Gasteiger partial charge in [0.15, 0.2) is 0 Å². The standard InChI is InChI=1S/C14H15F2N3O3/c1-8-2-3-9-10(4-8)13(22)19(12(9)21)5-11(20)18-7-14(15,16)6-17/h2-4H,5-7,17H2,1H3,(H,18,20). The fraction of sp³-hybridized carbons (Fsp3) is 0.357. The number of carbonyl (C=O) groups is 3. The van der Waals surface area contributed by atoms with Crippen molar-refractivity contribution in [2.45, 2.75) is 12.8 Å². The Kier molecular flexibility index (Phi) is 4.23. The lowest BCUT2D eigenvalue weighted by Gasteiger charge is -2.17. The molecule has 0 radical (unpaired) electrons. The number of halogens is 2. The van der Waals surface area contributed by atoms with Crippen molar-refractivity contribution in [1.82, 2.24) is 10.2 Å². The summed E-state index contributed by atoms with van der Waals surface area (Å²) >= 11 is 0. The molecular weight excluding hydrogens is 296 g/mol. The van der Waals surface area contributed by atoms with Crippen molar-refractivity contribution in [1.29, 1.82) is 0 Å². The summed E-state index contributed by atoms with van der Waals surface area (Å²) in [6, 6.07) is 4.73. The number of carbonyl (C=O) groups excluding carboxylic acids is 3. The zero-order valence-corrected chi connectivity index (χ0v) is 11.9. The summed E-state index contributed by atoms with van der Waals surface area (Å²) in [6.45, 7) is -0.682. The van der Waals surface area contributed by atoms with E-state index in [9.17, 15) is 23.2 Å². The number of benzene rings is 1. The maximum Gasteiger partial charge on any atom is 0.277 e. The molecule has 3 N–H and O–H groups in total. The van der Waals surface area contributed by atoms with Gasteiger partial charge in [-0.3, -0.25) is 19.3 Å². The minimum atomic E-state index is -3.23. The molecular formula is C14H15F2N3O3. The molecule has 22 heavy (non-hydrogen) atoms. The largest absolute Gasteiger partial charge is 0.348 e. The Balaban J connectivity index is 2.05. The molecule has 6 nitrogen and oxygen atoms in total. The number of nitrogens with two attached hydrogens (primary N) is 1. The molecule has 0 aromatic heterocycles. The lowest BCUT2D eigenvalue weighted by atomic mass is 10.1. The maximum atomic E-state index is 13.0. The second kappa shape index (κ2) is 5.80. The number of alkyl halides is 2. The van der Waals surface area contributed by atoms with E-state index < -0.39 is 43.3 Å². The highest BCUT2D eigenvalue weighted by molar-refractivity contribution is 6.22. The molecule has 0 bridgehead atoms. The van der Waals surface area contributed by atoms with Crippen LogP contribution in [0.25, 0.3) is 0 Å². The zero-order chi connectivity index (χ0) is 16.5. The third-order valence-corrected chi connectivity index (χ3v) is 3.27. The van der Waals surface area contributed by atoms with Crippen LogP contribution in [0.2, 0.25) is 0 Å². The first-order valence-corrected chi connectivity index (χ1v) is 6.56. The first-order valence-electron chi connectivity index (χ1n) is 6.56. The SMILES string of the molecule is Cc1ccc2c(c1)C(=O)N(CC(=O)NCC(F)(F)CN)C2=O. The van der Waals surface area contributed by atoms with Gasteiger partial charge in [-0.25, -0.2) is 8.78 Å². The molecule has 2 rings (SSSR count). The summed E-state index contributed by atoms with van der Waals surface area (Å²) in [5, 5.41) is 1.96. The van der Waals surface area contributed by atoms with E-state index in [1.54, 1.807) is 19.1 Å². The molecule has 0 fully saturated rings. The van der Waals surface area contributed by atoms with Crippen LogP contribution in [0.1, 0.15) is 26.3 Å². The van der Waals surface area contributed by atoms with E-state index in [0.717, 1.165) is 10.5 Å². The van der Waals surface area contributed by atoms with Crippen molar-refractivity contribution in [2.24, 2.45) is 5.73 Å². The van der Waals surface area contributed by atoms with Gasteiger partial charge in [0, 0.05) is 0 Å². The van der Waals surface area contributed by atoms with Crippen LogP contribution in [-0.4, -0.2) is 48.2 Å². The number of imide groups is 1. The lowest BCUT2D eigenvalue weighted by molar-refractivity contribution is -0.123. The third-order valence-electron chi connectivity index (χ3n) is 3.27. The van der Waals surface area contributed by atoms with Crippen molar-refractivity contribution >= 4 is 17.7 Å². The van der Waals surface area contributed by atoms with E-state index in [0.29, 0.717) is 0 Å². The van der Waals surface area contributed by atoms with E-state index >= 15 is 0 Å². The molecule has 1 aromatic rings. The number of fused-ring (bicyclic) bond motifs is 1. The normalized spacial score (nSPS) is 14.3. The molecule has 0 spiro atoms. The minimum absolute atomic E-state index is 0.204. The second-order valence-electron chi connectivity index (χ2n) is 5.08. The van der Waals surface area contributed by atoms with E-state index in [4.69, 9.17) is 5.73 Å². The highest BCUT2D eigenvalue weighted by Crippen LogP contribution is 2.23. The number of aryl methyl sites for hydroxylation is 1. The van der Waals surface area contributed by atoms with Gasteiger partial charge in [-0.05, 0) is 19.1 Å². The molecule has 0 saturated heterocycles. The van der Waals surface area contributed by atoms with Gasteiger partial charge in [-0.2, -0.15) is 0 Å². The number of rotatable bonds is 5. The molecule has 8 heteroatoms. The molecule has 1 aliphatic rings. The highest BCUT2D eigenvalue weighted by atomic mass is 19.3. The summed E-state index contributed by atoms with van der Waals surface area (Å²) in [4.78, 5) is 36.6. The van der Waals surface area contributed by atoms with Gasteiger partial charge in [-0.15, -0.1) is 0 Å². The molecule has 0 saturated carbocycles. The van der Waals surface area contributed by atoms with Crippen LogP contribution in [0.3, 0.4) is 0 Å². The molecule has 0 atom stereocenters. The molecule has 0 aliphatic carbocycles. The van der Waals surface area contributed by atoms with Crippen LogP contribution in [0.4, 0.5) is 8.78 Å². The summed E-state index contributed by atoms with van der Waals surface area (Å²) in [6.07, 6.45) is 0. The fourth-order valence-electron chi connectivity index (χ4n) is 2.05. The zero-order valence-electron chi connectivity index (χ0n) is 11.9. The van der Waals surface area contributed by atoms with Crippen LogP contribution in [-0.2, 0) is 4.79 Å². The van der Waals surface area contributed by atoms with Crippen molar-refractivity contribution in [2.75, 3.05) is 19.6 Å². The summed E-state index contributed by atoms with van der Waals surface area (Å²) in [7, 11) is 0. The Morgan fingerprint density at radius 3 is 2.55 bits per heavy atom. The fourth-order valence-corrected chi connectivity index (χ4v) is 2.05. The summed E-state index contributed by atoms with van der Waals surface area (Å²) in [5.74, 6) is -5.29. The van der Waals surface area contributed by atoms with E-state index in [-0.39, 0.29) is 11.1 Å². The average Bonchev–Trinajstić information content (AvgIpc) is 2.70. The van der Waals surface area contributed by atoms with Crippen molar-refractivity contribution in [3.8, 4) is 0 Å². The van der Waals surface area contributed by atoms with Gasteiger partial charge in [0.1, 0.15) is 6.54 Å². The third kappa shape index (κ3) is 3.11. The van der Waals surface area contributed by atoms with Gasteiger partial charge >= 0.3 is 0 Å². The van der Waals surface area contributed by atoms with E-state index in [1.807, 2.05) is 5.32 Å². The number of nitrogens with zero attached hydrogens (tertiary/aromatic N) is 1. The smallest absolute Gasteiger partial charge is 0.277 e. The lowest BCUT2D eigenvalue weighted by Crippen LogP contribution is -2.46. The Hall–Kier alpha value is -2.35. The van der Waals surface area contributed by atoms with Gasteiger partial charge in [0.2, 0.25) is 5.91 Å².